The van der Waals surface area contributed by atoms with Gasteiger partial charge in [-0.05, 0) is 33.1 Å². The van der Waals surface area contributed by atoms with Crippen LogP contribution in [0.3, 0.4) is 0 Å². The van der Waals surface area contributed by atoms with Gasteiger partial charge in [-0.15, -0.1) is 0 Å². The van der Waals surface area contributed by atoms with Gasteiger partial charge < -0.3 is 19.7 Å². The lowest BCUT2D eigenvalue weighted by molar-refractivity contribution is -0.126. The molecule has 1 aromatic rings. The van der Waals surface area contributed by atoms with Gasteiger partial charge in [0.25, 0.3) is 0 Å². The second-order valence-corrected chi connectivity index (χ2v) is 8.37. The molecule has 0 aromatic carbocycles. The Labute approximate surface area is 168 Å². The third-order valence-electron chi connectivity index (χ3n) is 6.76. The lowest BCUT2D eigenvalue weighted by Gasteiger charge is -2.55. The summed E-state index contributed by atoms with van der Waals surface area (Å²) in [7, 11) is 1.95. The van der Waals surface area contributed by atoms with E-state index in [0.29, 0.717) is 24.2 Å². The van der Waals surface area contributed by atoms with Crippen LogP contribution in [-0.4, -0.2) is 65.6 Å². The van der Waals surface area contributed by atoms with E-state index in [2.05, 4.69) is 29.2 Å². The molecule has 2 aliphatic carbocycles. The molecule has 1 aliphatic heterocycles. The SMILES string of the molecule is CCN=C(NC1CC(OCC)C12CCCC2)N1CCOC(c2cnn(C)c2)C1. The van der Waals surface area contributed by atoms with Gasteiger partial charge in [-0.2, -0.15) is 5.10 Å². The van der Waals surface area contributed by atoms with E-state index in [0.717, 1.165) is 44.2 Å². The molecule has 0 bridgehead atoms. The Hall–Kier alpha value is -1.60. The predicted molar refractivity (Wildman–Crippen MR) is 109 cm³/mol. The molecule has 0 amide bonds. The molecule has 2 heterocycles. The number of nitrogens with zero attached hydrogens (tertiary/aromatic N) is 4. The molecule has 7 heteroatoms. The van der Waals surface area contributed by atoms with Crippen LogP contribution in [0.15, 0.2) is 17.4 Å². The molecule has 0 radical (unpaired) electrons. The standard InChI is InChI=1S/C21H35N5O2/c1-4-22-20(24-18-12-19(27-5-2)21(18)8-6-7-9-21)26-10-11-28-17(15-26)16-13-23-25(3)14-16/h13-14,17-19H,4-12,15H2,1-3H3,(H,22,24). The van der Waals surface area contributed by atoms with Crippen molar-refractivity contribution in [2.45, 2.75) is 64.2 Å². The molecular formula is C21H35N5O2. The number of aryl methyl sites for hydroxylation is 1. The van der Waals surface area contributed by atoms with E-state index in [1.165, 1.54) is 25.7 Å². The summed E-state index contributed by atoms with van der Waals surface area (Å²) in [6, 6.07) is 0.469. The van der Waals surface area contributed by atoms with Gasteiger partial charge in [-0.25, -0.2) is 0 Å². The van der Waals surface area contributed by atoms with Crippen LogP contribution in [-0.2, 0) is 16.5 Å². The van der Waals surface area contributed by atoms with Crippen LogP contribution >= 0.6 is 0 Å². The average molecular weight is 390 g/mol. The summed E-state index contributed by atoms with van der Waals surface area (Å²) in [5.74, 6) is 1.03. The van der Waals surface area contributed by atoms with E-state index >= 15 is 0 Å². The first kappa shape index (κ1) is 19.7. The predicted octanol–water partition coefficient (Wildman–Crippen LogP) is 2.50. The number of aliphatic imine (C=N–C) groups is 1. The van der Waals surface area contributed by atoms with Gasteiger partial charge in [-0.1, -0.05) is 12.8 Å². The monoisotopic (exact) mass is 389 g/mol. The minimum atomic E-state index is 0.0457. The quantitative estimate of drug-likeness (QED) is 0.619. The van der Waals surface area contributed by atoms with Crippen molar-refractivity contribution in [3.8, 4) is 0 Å². The number of ether oxygens (including phenoxy) is 2. The Bertz CT molecular complexity index is 682. The van der Waals surface area contributed by atoms with Gasteiger partial charge in [0.1, 0.15) is 6.10 Å². The fourth-order valence-electron chi connectivity index (χ4n) is 5.28. The average Bonchev–Trinajstić information content (AvgIpc) is 3.37. The first-order chi connectivity index (χ1) is 13.7. The van der Waals surface area contributed by atoms with E-state index in [-0.39, 0.29) is 6.10 Å². The second-order valence-electron chi connectivity index (χ2n) is 8.37. The van der Waals surface area contributed by atoms with Crippen molar-refractivity contribution in [2.24, 2.45) is 17.5 Å². The third-order valence-corrected chi connectivity index (χ3v) is 6.76. The number of hydrogen-bond acceptors (Lipinski definition) is 4. The molecule has 28 heavy (non-hydrogen) atoms. The molecule has 3 aliphatic rings. The number of guanidine groups is 1. The van der Waals surface area contributed by atoms with E-state index in [1.54, 1.807) is 0 Å². The topological polar surface area (TPSA) is 63.9 Å². The van der Waals surface area contributed by atoms with Crippen LogP contribution in [0.4, 0.5) is 0 Å². The van der Waals surface area contributed by atoms with Gasteiger partial charge in [0.05, 0.1) is 25.5 Å². The largest absolute Gasteiger partial charge is 0.378 e. The van der Waals surface area contributed by atoms with Crippen LogP contribution in [0.25, 0.3) is 0 Å². The van der Waals surface area contributed by atoms with Gasteiger partial charge in [0.15, 0.2) is 5.96 Å². The second kappa shape index (κ2) is 8.41. The molecule has 156 valence electrons. The van der Waals surface area contributed by atoms with Crippen LogP contribution in [0.1, 0.15) is 57.6 Å². The van der Waals surface area contributed by atoms with Crippen molar-refractivity contribution in [3.63, 3.8) is 0 Å². The summed E-state index contributed by atoms with van der Waals surface area (Å²) in [6.45, 7) is 8.21. The molecule has 2 saturated carbocycles. The number of morpholine rings is 1. The molecule has 7 nitrogen and oxygen atoms in total. The zero-order valence-corrected chi connectivity index (χ0v) is 17.6. The van der Waals surface area contributed by atoms with E-state index in [4.69, 9.17) is 14.5 Å². The lowest BCUT2D eigenvalue weighted by Crippen LogP contribution is -2.65. The highest BCUT2D eigenvalue weighted by molar-refractivity contribution is 5.80. The zero-order valence-electron chi connectivity index (χ0n) is 17.6. The molecule has 1 spiro atoms. The minimum Gasteiger partial charge on any atom is -0.378 e. The summed E-state index contributed by atoms with van der Waals surface area (Å²) >= 11 is 0. The lowest BCUT2D eigenvalue weighted by atomic mass is 9.60. The molecule has 3 unspecified atom stereocenters. The van der Waals surface area contributed by atoms with E-state index in [1.807, 2.05) is 24.1 Å². The Kier molecular flexibility index (Phi) is 5.92. The number of nitrogens with one attached hydrogen (secondary N) is 1. The molecule has 4 rings (SSSR count). The molecule has 3 fully saturated rings. The van der Waals surface area contributed by atoms with Crippen LogP contribution in [0.5, 0.6) is 0 Å². The summed E-state index contributed by atoms with van der Waals surface area (Å²) in [5, 5.41) is 8.14. The maximum atomic E-state index is 6.09. The van der Waals surface area contributed by atoms with Crippen molar-refractivity contribution in [1.82, 2.24) is 20.0 Å². The smallest absolute Gasteiger partial charge is 0.194 e. The maximum absolute atomic E-state index is 6.09. The van der Waals surface area contributed by atoms with Gasteiger partial charge in [-0.3, -0.25) is 9.67 Å². The molecule has 1 saturated heterocycles. The first-order valence-electron chi connectivity index (χ1n) is 10.9. The Morgan fingerprint density at radius 3 is 2.89 bits per heavy atom. The normalized spacial score (nSPS) is 29.9. The summed E-state index contributed by atoms with van der Waals surface area (Å²) in [6.07, 6.45) is 10.7. The van der Waals surface area contributed by atoms with Crippen LogP contribution in [0, 0.1) is 5.41 Å². The summed E-state index contributed by atoms with van der Waals surface area (Å²) in [5.41, 5.74) is 1.44. The fraction of sp³-hybridized carbons (Fsp3) is 0.810. The maximum Gasteiger partial charge on any atom is 0.194 e. The van der Waals surface area contributed by atoms with Crippen molar-refractivity contribution >= 4 is 5.96 Å². The van der Waals surface area contributed by atoms with Gasteiger partial charge in [0.2, 0.25) is 0 Å². The fourth-order valence-corrected chi connectivity index (χ4v) is 5.28. The number of aromatic nitrogens is 2. The Morgan fingerprint density at radius 1 is 1.39 bits per heavy atom. The van der Waals surface area contributed by atoms with Crippen molar-refractivity contribution in [3.05, 3.63) is 18.0 Å². The summed E-state index contributed by atoms with van der Waals surface area (Å²) < 4.78 is 13.9. The zero-order chi connectivity index (χ0) is 19.6. The Balaban J connectivity index is 1.45. The molecule has 3 atom stereocenters. The van der Waals surface area contributed by atoms with Crippen molar-refractivity contribution in [2.75, 3.05) is 32.8 Å². The molecular weight excluding hydrogens is 354 g/mol. The Morgan fingerprint density at radius 2 is 2.21 bits per heavy atom. The van der Waals surface area contributed by atoms with Gasteiger partial charge in [0, 0.05) is 50.0 Å². The number of hydrogen-bond donors (Lipinski definition) is 1. The van der Waals surface area contributed by atoms with Crippen LogP contribution < -0.4 is 5.32 Å². The van der Waals surface area contributed by atoms with Gasteiger partial charge >= 0.3 is 0 Å². The molecule has 1 N–H and O–H groups in total. The van der Waals surface area contributed by atoms with Crippen molar-refractivity contribution in [1.29, 1.82) is 0 Å². The highest BCUT2D eigenvalue weighted by Crippen LogP contribution is 2.54. The highest BCUT2D eigenvalue weighted by atomic mass is 16.5. The number of rotatable bonds is 5. The first-order valence-corrected chi connectivity index (χ1v) is 10.9. The van der Waals surface area contributed by atoms with Crippen molar-refractivity contribution < 1.29 is 9.47 Å². The highest BCUT2D eigenvalue weighted by Gasteiger charge is 2.57. The summed E-state index contributed by atoms with van der Waals surface area (Å²) in [4.78, 5) is 7.21. The van der Waals surface area contributed by atoms with E-state index in [9.17, 15) is 0 Å². The minimum absolute atomic E-state index is 0.0457. The third kappa shape index (κ3) is 3.66. The van der Waals surface area contributed by atoms with Crippen LogP contribution in [0.2, 0.25) is 0 Å². The van der Waals surface area contributed by atoms with E-state index < -0.39 is 0 Å². The molecule has 1 aromatic heterocycles.